The Bertz CT molecular complexity index is 1250. The Kier molecular flexibility index (Phi) is 7.23. The summed E-state index contributed by atoms with van der Waals surface area (Å²) in [5.41, 5.74) is 2.82. The van der Waals surface area contributed by atoms with Crippen LogP contribution in [0.5, 0.6) is 0 Å². The summed E-state index contributed by atoms with van der Waals surface area (Å²) in [5, 5.41) is 1.60. The number of nitrogens with zero attached hydrogens (tertiary/aromatic N) is 3. The number of piperidine rings is 1. The maximum Gasteiger partial charge on any atom is 0.243 e. The molecule has 0 N–H and O–H groups in total. The summed E-state index contributed by atoms with van der Waals surface area (Å²) in [4.78, 5) is 5.21. The van der Waals surface area contributed by atoms with Gasteiger partial charge in [-0.3, -0.25) is 0 Å². The molecule has 2 aliphatic heterocycles. The zero-order valence-corrected chi connectivity index (χ0v) is 21.7. The maximum atomic E-state index is 13.3. The van der Waals surface area contributed by atoms with Gasteiger partial charge in [0.05, 0.1) is 28.6 Å². The molecule has 0 amide bonds. The smallest absolute Gasteiger partial charge is 0.243 e. The number of halogens is 1. The first kappa shape index (κ1) is 24.1. The molecule has 3 aromatic rings. The molecule has 0 aliphatic carbocycles. The predicted molar refractivity (Wildman–Crippen MR) is 137 cm³/mol. The van der Waals surface area contributed by atoms with E-state index in [4.69, 9.17) is 21.3 Å². The Morgan fingerprint density at radius 1 is 1.15 bits per heavy atom. The van der Waals surface area contributed by atoms with Crippen LogP contribution in [-0.4, -0.2) is 48.1 Å². The van der Waals surface area contributed by atoms with E-state index in [9.17, 15) is 8.42 Å². The van der Waals surface area contributed by atoms with Crippen LogP contribution in [0.15, 0.2) is 52.5 Å². The Morgan fingerprint density at radius 3 is 2.71 bits per heavy atom. The standard InChI is InChI=1S/C25H30ClN3O3S2/c1-18-4-2-12-28(15-18)34(30,31)22-10-11-24-23(14-22)27-25(29(24)16-21-5-3-13-32-21)33-17-19-6-8-20(26)9-7-19/h6-11,14,18,21H,2-5,12-13,15-17H2,1H3/t18-,21+/m0/s1. The van der Waals surface area contributed by atoms with Crippen molar-refractivity contribution in [1.82, 2.24) is 13.9 Å². The van der Waals surface area contributed by atoms with Crippen LogP contribution < -0.4 is 0 Å². The van der Waals surface area contributed by atoms with E-state index in [1.54, 1.807) is 28.2 Å². The van der Waals surface area contributed by atoms with Crippen LogP contribution in [0.1, 0.15) is 38.2 Å². The lowest BCUT2D eigenvalue weighted by Crippen LogP contribution is -2.39. The third-order valence-electron chi connectivity index (χ3n) is 6.63. The second kappa shape index (κ2) is 10.2. The highest BCUT2D eigenvalue weighted by Gasteiger charge is 2.29. The monoisotopic (exact) mass is 519 g/mol. The van der Waals surface area contributed by atoms with Gasteiger partial charge in [-0.05, 0) is 67.5 Å². The van der Waals surface area contributed by atoms with Gasteiger partial charge in [-0.15, -0.1) is 0 Å². The molecule has 2 fully saturated rings. The van der Waals surface area contributed by atoms with Crippen molar-refractivity contribution < 1.29 is 13.2 Å². The summed E-state index contributed by atoms with van der Waals surface area (Å²) in [6, 6.07) is 13.2. The largest absolute Gasteiger partial charge is 0.376 e. The fraction of sp³-hybridized carbons (Fsp3) is 0.480. The zero-order chi connectivity index (χ0) is 23.7. The van der Waals surface area contributed by atoms with Gasteiger partial charge in [0.25, 0.3) is 0 Å². The van der Waals surface area contributed by atoms with Crippen molar-refractivity contribution in [3.63, 3.8) is 0 Å². The fourth-order valence-corrected chi connectivity index (χ4v) is 7.49. The van der Waals surface area contributed by atoms with Crippen LogP contribution in [-0.2, 0) is 27.1 Å². The van der Waals surface area contributed by atoms with Crippen LogP contribution in [0, 0.1) is 5.92 Å². The van der Waals surface area contributed by atoms with Gasteiger partial charge < -0.3 is 9.30 Å². The number of fused-ring (bicyclic) bond motifs is 1. The molecule has 1 aromatic heterocycles. The van der Waals surface area contributed by atoms with Gasteiger partial charge in [0.1, 0.15) is 0 Å². The molecule has 5 rings (SSSR count). The highest BCUT2D eigenvalue weighted by molar-refractivity contribution is 7.98. The van der Waals surface area contributed by atoms with Gasteiger partial charge in [-0.1, -0.05) is 42.4 Å². The van der Waals surface area contributed by atoms with E-state index in [1.165, 1.54) is 0 Å². The summed E-state index contributed by atoms with van der Waals surface area (Å²) >= 11 is 7.68. The summed E-state index contributed by atoms with van der Waals surface area (Å²) in [5.74, 6) is 1.14. The van der Waals surface area contributed by atoms with E-state index in [1.807, 2.05) is 30.3 Å². The summed E-state index contributed by atoms with van der Waals surface area (Å²) < 4.78 is 36.4. The molecule has 0 unspecified atom stereocenters. The number of ether oxygens (including phenoxy) is 1. The molecular weight excluding hydrogens is 490 g/mol. The Hall–Kier alpha value is -1.58. The predicted octanol–water partition coefficient (Wildman–Crippen LogP) is 5.58. The minimum absolute atomic E-state index is 0.158. The molecule has 2 saturated heterocycles. The van der Waals surface area contributed by atoms with Crippen molar-refractivity contribution in [2.45, 2.75) is 61.1 Å². The minimum atomic E-state index is -3.53. The molecular formula is C25H30ClN3O3S2. The lowest BCUT2D eigenvalue weighted by molar-refractivity contribution is 0.0960. The Balaban J connectivity index is 1.46. The first-order valence-electron chi connectivity index (χ1n) is 11.9. The van der Waals surface area contributed by atoms with E-state index in [0.717, 1.165) is 65.8 Å². The summed E-state index contributed by atoms with van der Waals surface area (Å²) in [7, 11) is -3.53. The zero-order valence-electron chi connectivity index (χ0n) is 19.3. The first-order valence-corrected chi connectivity index (χ1v) is 14.7. The molecule has 0 bridgehead atoms. The van der Waals surface area contributed by atoms with Gasteiger partial charge in [0.15, 0.2) is 5.16 Å². The third kappa shape index (κ3) is 5.16. The number of hydrogen-bond acceptors (Lipinski definition) is 5. The minimum Gasteiger partial charge on any atom is -0.376 e. The average Bonchev–Trinajstić information content (AvgIpc) is 3.46. The molecule has 182 valence electrons. The van der Waals surface area contributed by atoms with Gasteiger partial charge in [0, 0.05) is 30.5 Å². The van der Waals surface area contributed by atoms with Crippen molar-refractivity contribution in [2.75, 3.05) is 19.7 Å². The fourth-order valence-electron chi connectivity index (χ4n) is 4.77. The van der Waals surface area contributed by atoms with Crippen molar-refractivity contribution in [2.24, 2.45) is 5.92 Å². The average molecular weight is 520 g/mol. The number of imidazole rings is 1. The maximum absolute atomic E-state index is 13.3. The number of sulfonamides is 1. The molecule has 2 aliphatic rings. The molecule has 0 spiro atoms. The van der Waals surface area contributed by atoms with Crippen molar-refractivity contribution >= 4 is 44.4 Å². The van der Waals surface area contributed by atoms with Gasteiger partial charge in [-0.2, -0.15) is 4.31 Å². The normalized spacial score (nSPS) is 21.9. The summed E-state index contributed by atoms with van der Waals surface area (Å²) in [6.07, 6.45) is 4.24. The van der Waals surface area contributed by atoms with E-state index in [2.05, 4.69) is 11.5 Å². The van der Waals surface area contributed by atoms with Crippen LogP contribution in [0.25, 0.3) is 11.0 Å². The van der Waals surface area contributed by atoms with E-state index < -0.39 is 10.0 Å². The molecule has 3 heterocycles. The molecule has 6 nitrogen and oxygen atoms in total. The number of thioether (sulfide) groups is 1. The van der Waals surface area contributed by atoms with E-state index in [-0.39, 0.29) is 6.10 Å². The van der Waals surface area contributed by atoms with Crippen molar-refractivity contribution in [3.05, 3.63) is 53.1 Å². The van der Waals surface area contributed by atoms with Crippen LogP contribution in [0.2, 0.25) is 5.02 Å². The second-order valence-electron chi connectivity index (χ2n) is 9.32. The quantitative estimate of drug-likeness (QED) is 0.381. The second-order valence-corrected chi connectivity index (χ2v) is 12.6. The van der Waals surface area contributed by atoms with E-state index in [0.29, 0.717) is 29.4 Å². The number of aromatic nitrogens is 2. The molecule has 0 radical (unpaired) electrons. The first-order chi connectivity index (χ1) is 16.4. The molecule has 0 saturated carbocycles. The SMILES string of the molecule is C[C@H]1CCCN(S(=O)(=O)c2ccc3c(c2)nc(SCc2ccc(Cl)cc2)n3C[C@H]2CCCO2)C1. The van der Waals surface area contributed by atoms with Crippen molar-refractivity contribution in [3.8, 4) is 0 Å². The van der Waals surface area contributed by atoms with Gasteiger partial charge in [-0.25, -0.2) is 13.4 Å². The van der Waals surface area contributed by atoms with E-state index >= 15 is 0 Å². The lowest BCUT2D eigenvalue weighted by atomic mass is 10.0. The highest BCUT2D eigenvalue weighted by atomic mass is 35.5. The molecule has 34 heavy (non-hydrogen) atoms. The molecule has 2 aromatic carbocycles. The summed E-state index contributed by atoms with van der Waals surface area (Å²) in [6.45, 7) is 4.79. The lowest BCUT2D eigenvalue weighted by Gasteiger charge is -2.30. The van der Waals surface area contributed by atoms with Crippen molar-refractivity contribution in [1.29, 1.82) is 0 Å². The Morgan fingerprint density at radius 2 is 1.97 bits per heavy atom. The van der Waals surface area contributed by atoms with Crippen LogP contribution in [0.3, 0.4) is 0 Å². The van der Waals surface area contributed by atoms with Gasteiger partial charge >= 0.3 is 0 Å². The van der Waals surface area contributed by atoms with Crippen LogP contribution in [0.4, 0.5) is 0 Å². The Labute approximate surface area is 210 Å². The highest BCUT2D eigenvalue weighted by Crippen LogP contribution is 2.31. The third-order valence-corrected chi connectivity index (χ3v) is 9.79. The topological polar surface area (TPSA) is 64.4 Å². The molecule has 9 heteroatoms. The number of benzene rings is 2. The number of hydrogen-bond donors (Lipinski definition) is 0. The molecule has 2 atom stereocenters. The number of rotatable bonds is 7. The van der Waals surface area contributed by atoms with Gasteiger partial charge in [0.2, 0.25) is 10.0 Å². The van der Waals surface area contributed by atoms with Crippen LogP contribution >= 0.6 is 23.4 Å².